The van der Waals surface area contributed by atoms with Gasteiger partial charge in [0.15, 0.2) is 11.6 Å². The first-order valence-electron chi connectivity index (χ1n) is 7.49. The molecule has 2 aromatic carbocycles. The van der Waals surface area contributed by atoms with Gasteiger partial charge < -0.3 is 19.6 Å². The Bertz CT molecular complexity index is 939. The number of primary amides is 1. The Morgan fingerprint density at radius 3 is 2.58 bits per heavy atom. The second-order valence-corrected chi connectivity index (χ2v) is 5.26. The summed E-state index contributed by atoms with van der Waals surface area (Å²) in [6.07, 6.45) is 1.36. The van der Waals surface area contributed by atoms with Gasteiger partial charge in [-0.1, -0.05) is 0 Å². The standard InChI is InChI=1S/C18H14F2N2O4/c1-24-12-4-2-10(3-5-12)18-22-11(9-26-18)8-25-14-7-6-13(19)15(16(14)20)17(21)23/h2-7,9H,8H2,1H3,(H2,21,23). The van der Waals surface area contributed by atoms with Gasteiger partial charge in [0.1, 0.15) is 35.7 Å². The lowest BCUT2D eigenvalue weighted by molar-refractivity contribution is 0.0991. The molecule has 26 heavy (non-hydrogen) atoms. The fourth-order valence-corrected chi connectivity index (χ4v) is 2.26. The van der Waals surface area contributed by atoms with E-state index in [1.165, 1.54) is 6.26 Å². The summed E-state index contributed by atoms with van der Waals surface area (Å²) in [5.74, 6) is -2.69. The first kappa shape index (κ1) is 17.4. The fraction of sp³-hybridized carbons (Fsp3) is 0.111. The van der Waals surface area contributed by atoms with Crippen LogP contribution in [0.1, 0.15) is 16.1 Å². The van der Waals surface area contributed by atoms with Crippen molar-refractivity contribution in [1.82, 2.24) is 4.98 Å². The number of hydrogen-bond donors (Lipinski definition) is 1. The number of hydrogen-bond acceptors (Lipinski definition) is 5. The van der Waals surface area contributed by atoms with E-state index in [9.17, 15) is 13.6 Å². The molecule has 0 spiro atoms. The van der Waals surface area contributed by atoms with E-state index in [1.54, 1.807) is 31.4 Å². The van der Waals surface area contributed by atoms with Gasteiger partial charge >= 0.3 is 0 Å². The second-order valence-electron chi connectivity index (χ2n) is 5.26. The molecule has 0 atom stereocenters. The van der Waals surface area contributed by atoms with Crippen LogP contribution in [0, 0.1) is 11.6 Å². The first-order chi connectivity index (χ1) is 12.5. The molecule has 3 rings (SSSR count). The smallest absolute Gasteiger partial charge is 0.254 e. The molecular formula is C18H14F2N2O4. The molecule has 0 aliphatic rings. The summed E-state index contributed by atoms with van der Waals surface area (Å²) in [4.78, 5) is 15.4. The van der Waals surface area contributed by atoms with Crippen LogP contribution < -0.4 is 15.2 Å². The summed E-state index contributed by atoms with van der Waals surface area (Å²) < 4.78 is 43.3. The normalized spacial score (nSPS) is 10.6. The van der Waals surface area contributed by atoms with Crippen molar-refractivity contribution in [3.8, 4) is 23.0 Å². The third-order valence-corrected chi connectivity index (χ3v) is 3.57. The number of rotatable bonds is 6. The zero-order valence-electron chi connectivity index (χ0n) is 13.7. The van der Waals surface area contributed by atoms with E-state index in [2.05, 4.69) is 4.98 Å². The molecule has 0 aliphatic carbocycles. The monoisotopic (exact) mass is 360 g/mol. The number of ether oxygens (including phenoxy) is 2. The van der Waals surface area contributed by atoms with Crippen molar-refractivity contribution in [3.05, 3.63) is 65.6 Å². The molecule has 1 heterocycles. The summed E-state index contributed by atoms with van der Waals surface area (Å²) in [5.41, 5.74) is 5.24. The van der Waals surface area contributed by atoms with Crippen LogP contribution in [-0.2, 0) is 6.61 Å². The Labute approximate surface area is 147 Å². The minimum atomic E-state index is -1.21. The fourth-order valence-electron chi connectivity index (χ4n) is 2.26. The van der Waals surface area contributed by atoms with Crippen LogP contribution in [0.5, 0.6) is 11.5 Å². The van der Waals surface area contributed by atoms with E-state index in [0.29, 0.717) is 17.3 Å². The van der Waals surface area contributed by atoms with Crippen LogP contribution >= 0.6 is 0 Å². The highest BCUT2D eigenvalue weighted by Gasteiger charge is 2.19. The van der Waals surface area contributed by atoms with Crippen LogP contribution in [0.2, 0.25) is 0 Å². The molecule has 8 heteroatoms. The number of methoxy groups -OCH3 is 1. The van der Waals surface area contributed by atoms with Gasteiger partial charge in [0.25, 0.3) is 5.91 Å². The van der Waals surface area contributed by atoms with Gasteiger partial charge in [-0.15, -0.1) is 0 Å². The maximum absolute atomic E-state index is 14.1. The summed E-state index contributed by atoms with van der Waals surface area (Å²) in [6.45, 7) is -0.138. The molecule has 3 aromatic rings. The van der Waals surface area contributed by atoms with E-state index < -0.39 is 23.1 Å². The molecule has 2 N–H and O–H groups in total. The minimum Gasteiger partial charge on any atom is -0.497 e. The van der Waals surface area contributed by atoms with Crippen molar-refractivity contribution < 1.29 is 27.5 Å². The Morgan fingerprint density at radius 1 is 1.19 bits per heavy atom. The number of carbonyl (C=O) groups is 1. The molecule has 0 saturated carbocycles. The Morgan fingerprint density at radius 2 is 1.92 bits per heavy atom. The van der Waals surface area contributed by atoms with E-state index in [-0.39, 0.29) is 12.4 Å². The lowest BCUT2D eigenvalue weighted by atomic mass is 10.1. The van der Waals surface area contributed by atoms with E-state index in [0.717, 1.165) is 17.7 Å². The molecular weight excluding hydrogens is 346 g/mol. The topological polar surface area (TPSA) is 87.6 Å². The predicted molar refractivity (Wildman–Crippen MR) is 87.7 cm³/mol. The average Bonchev–Trinajstić information content (AvgIpc) is 3.10. The SMILES string of the molecule is COc1ccc(-c2nc(COc3ccc(F)c(C(N)=O)c3F)co2)cc1. The Balaban J connectivity index is 1.74. The van der Waals surface area contributed by atoms with Gasteiger partial charge in [-0.25, -0.2) is 13.8 Å². The van der Waals surface area contributed by atoms with E-state index >= 15 is 0 Å². The van der Waals surface area contributed by atoms with Crippen molar-refractivity contribution >= 4 is 5.91 Å². The molecule has 0 fully saturated rings. The summed E-state index contributed by atoms with van der Waals surface area (Å²) >= 11 is 0. The Kier molecular flexibility index (Phi) is 4.83. The van der Waals surface area contributed by atoms with Crippen LogP contribution in [0.3, 0.4) is 0 Å². The second kappa shape index (κ2) is 7.22. The van der Waals surface area contributed by atoms with Gasteiger partial charge in [0, 0.05) is 5.56 Å². The zero-order chi connectivity index (χ0) is 18.7. The predicted octanol–water partition coefficient (Wildman–Crippen LogP) is 3.31. The van der Waals surface area contributed by atoms with Crippen molar-refractivity contribution in [2.24, 2.45) is 5.73 Å². The van der Waals surface area contributed by atoms with Crippen LogP contribution in [0.25, 0.3) is 11.5 Å². The van der Waals surface area contributed by atoms with Crippen molar-refractivity contribution in [1.29, 1.82) is 0 Å². The molecule has 0 saturated heterocycles. The van der Waals surface area contributed by atoms with Crippen molar-refractivity contribution in [3.63, 3.8) is 0 Å². The average molecular weight is 360 g/mol. The maximum atomic E-state index is 14.1. The highest BCUT2D eigenvalue weighted by Crippen LogP contribution is 2.25. The molecule has 1 amide bonds. The van der Waals surface area contributed by atoms with Crippen LogP contribution in [0.15, 0.2) is 47.1 Å². The van der Waals surface area contributed by atoms with Crippen molar-refractivity contribution in [2.45, 2.75) is 6.61 Å². The number of carbonyl (C=O) groups excluding carboxylic acids is 1. The van der Waals surface area contributed by atoms with Gasteiger partial charge in [-0.05, 0) is 36.4 Å². The minimum absolute atomic E-state index is 0.138. The highest BCUT2D eigenvalue weighted by atomic mass is 19.1. The molecule has 134 valence electrons. The number of nitrogens with two attached hydrogens (primary N) is 1. The summed E-state index contributed by atoms with van der Waals surface area (Å²) in [6, 6.07) is 9.04. The van der Waals surface area contributed by atoms with E-state index in [1.807, 2.05) is 0 Å². The van der Waals surface area contributed by atoms with Gasteiger partial charge in [-0.3, -0.25) is 4.79 Å². The number of amides is 1. The first-order valence-corrected chi connectivity index (χ1v) is 7.49. The molecule has 1 aromatic heterocycles. The highest BCUT2D eigenvalue weighted by molar-refractivity contribution is 5.93. The Hall–Kier alpha value is -3.42. The van der Waals surface area contributed by atoms with E-state index in [4.69, 9.17) is 19.6 Å². The van der Waals surface area contributed by atoms with Crippen LogP contribution in [0.4, 0.5) is 8.78 Å². The summed E-state index contributed by atoms with van der Waals surface area (Å²) in [5, 5.41) is 0. The molecule has 0 aliphatic heterocycles. The summed E-state index contributed by atoms with van der Waals surface area (Å²) in [7, 11) is 1.56. The molecule has 6 nitrogen and oxygen atoms in total. The van der Waals surface area contributed by atoms with Gasteiger partial charge in [-0.2, -0.15) is 0 Å². The van der Waals surface area contributed by atoms with Crippen molar-refractivity contribution in [2.75, 3.05) is 7.11 Å². The number of halogens is 2. The molecule has 0 radical (unpaired) electrons. The van der Waals surface area contributed by atoms with Gasteiger partial charge in [0.05, 0.1) is 7.11 Å². The van der Waals surface area contributed by atoms with Gasteiger partial charge in [0.2, 0.25) is 5.89 Å². The quantitative estimate of drug-likeness (QED) is 0.729. The maximum Gasteiger partial charge on any atom is 0.254 e. The molecule has 0 bridgehead atoms. The number of nitrogens with zero attached hydrogens (tertiary/aromatic N) is 1. The third kappa shape index (κ3) is 3.49. The molecule has 0 unspecified atom stereocenters. The largest absolute Gasteiger partial charge is 0.497 e. The number of benzene rings is 2. The lowest BCUT2D eigenvalue weighted by Gasteiger charge is -2.08. The number of aromatic nitrogens is 1. The number of oxazole rings is 1. The van der Waals surface area contributed by atoms with Crippen LogP contribution in [-0.4, -0.2) is 18.0 Å². The third-order valence-electron chi connectivity index (χ3n) is 3.57. The zero-order valence-corrected chi connectivity index (χ0v) is 13.7. The lowest BCUT2D eigenvalue weighted by Crippen LogP contribution is -2.16.